The highest BCUT2D eigenvalue weighted by molar-refractivity contribution is 7.89. The topological polar surface area (TPSA) is 78.8 Å². The number of carbonyl (C=O) groups is 1. The second kappa shape index (κ2) is 10.5. The number of amides is 1. The number of aryl methyl sites for hydroxylation is 2. The lowest BCUT2D eigenvalue weighted by Crippen LogP contribution is -2.39. The van der Waals surface area contributed by atoms with Crippen LogP contribution >= 0.6 is 11.6 Å². The summed E-state index contributed by atoms with van der Waals surface area (Å²) in [6.45, 7) is 3.52. The Morgan fingerprint density at radius 1 is 1.03 bits per heavy atom. The number of hydrogen-bond acceptors (Lipinski definition) is 4. The fourth-order valence-electron chi connectivity index (χ4n) is 3.08. The van der Waals surface area contributed by atoms with Crippen molar-refractivity contribution in [3.05, 3.63) is 100 Å². The van der Waals surface area contributed by atoms with Gasteiger partial charge in [0, 0.05) is 11.6 Å². The van der Waals surface area contributed by atoms with E-state index >= 15 is 0 Å². The van der Waals surface area contributed by atoms with E-state index in [1.807, 2.05) is 62.4 Å². The van der Waals surface area contributed by atoms with E-state index in [1.54, 1.807) is 0 Å². The number of benzene rings is 3. The van der Waals surface area contributed by atoms with E-state index in [-0.39, 0.29) is 18.0 Å². The first-order chi connectivity index (χ1) is 15.3. The van der Waals surface area contributed by atoms with Crippen molar-refractivity contribution in [3.63, 3.8) is 0 Å². The largest absolute Gasteiger partial charge is 0.272 e. The smallest absolute Gasteiger partial charge is 0.255 e. The van der Waals surface area contributed by atoms with Gasteiger partial charge in [-0.3, -0.25) is 4.79 Å². The van der Waals surface area contributed by atoms with Gasteiger partial charge in [-0.25, -0.2) is 13.8 Å². The molecule has 0 atom stereocenters. The molecule has 3 rings (SSSR count). The van der Waals surface area contributed by atoms with Crippen LogP contribution in [-0.4, -0.2) is 31.4 Å². The summed E-state index contributed by atoms with van der Waals surface area (Å²) < 4.78 is 27.7. The first kappa shape index (κ1) is 23.7. The maximum Gasteiger partial charge on any atom is 0.255 e. The molecule has 0 fully saturated rings. The molecule has 1 amide bonds. The summed E-state index contributed by atoms with van der Waals surface area (Å²) in [7, 11) is -3.95. The summed E-state index contributed by atoms with van der Waals surface area (Å²) in [5.74, 6) is -0.542. The lowest BCUT2D eigenvalue weighted by Gasteiger charge is -2.22. The van der Waals surface area contributed by atoms with Gasteiger partial charge in [-0.05, 0) is 54.8 Å². The highest BCUT2D eigenvalue weighted by Gasteiger charge is 2.27. The highest BCUT2D eigenvalue weighted by atomic mass is 35.5. The van der Waals surface area contributed by atoms with Crippen LogP contribution < -0.4 is 5.43 Å². The van der Waals surface area contributed by atoms with E-state index in [0.29, 0.717) is 5.02 Å². The molecule has 0 saturated heterocycles. The number of rotatable bonds is 8. The molecule has 3 aromatic rings. The van der Waals surface area contributed by atoms with E-state index in [2.05, 4.69) is 10.5 Å². The first-order valence-electron chi connectivity index (χ1n) is 9.94. The third-order valence-corrected chi connectivity index (χ3v) is 6.88. The molecule has 0 spiro atoms. The SMILES string of the molecule is Cc1cccc(C=NNC(=O)CN(Cc2ccccc2C)S(=O)(=O)c2ccc(Cl)cc2)c1. The van der Waals surface area contributed by atoms with Crippen molar-refractivity contribution < 1.29 is 13.2 Å². The minimum atomic E-state index is -3.95. The maximum absolute atomic E-state index is 13.3. The van der Waals surface area contributed by atoms with Gasteiger partial charge in [0.25, 0.3) is 5.91 Å². The standard InChI is InChI=1S/C24H24ClN3O3S/c1-18-6-5-8-20(14-18)15-26-27-24(29)17-28(16-21-9-4-3-7-19(21)2)32(30,31)23-12-10-22(25)11-13-23/h3-15H,16-17H2,1-2H3,(H,27,29). The van der Waals surface area contributed by atoms with Crippen LogP contribution in [0.2, 0.25) is 5.02 Å². The van der Waals surface area contributed by atoms with E-state index < -0.39 is 15.9 Å². The highest BCUT2D eigenvalue weighted by Crippen LogP contribution is 2.21. The Morgan fingerprint density at radius 3 is 2.44 bits per heavy atom. The van der Waals surface area contributed by atoms with Crippen LogP contribution in [0.5, 0.6) is 0 Å². The Labute approximate surface area is 193 Å². The van der Waals surface area contributed by atoms with Crippen LogP contribution in [0.15, 0.2) is 82.8 Å². The summed E-state index contributed by atoms with van der Waals surface area (Å²) in [5.41, 5.74) is 6.05. The molecule has 0 aliphatic carbocycles. The molecule has 0 unspecified atom stereocenters. The molecule has 8 heteroatoms. The first-order valence-corrected chi connectivity index (χ1v) is 11.8. The van der Waals surface area contributed by atoms with Crippen molar-refractivity contribution in [1.82, 2.24) is 9.73 Å². The van der Waals surface area contributed by atoms with Crippen LogP contribution in [0, 0.1) is 13.8 Å². The summed E-state index contributed by atoms with van der Waals surface area (Å²) in [4.78, 5) is 12.6. The molecule has 0 aromatic heterocycles. The van der Waals surface area contributed by atoms with Crippen LogP contribution in [-0.2, 0) is 21.4 Å². The molecular formula is C24H24ClN3O3S. The van der Waals surface area contributed by atoms with Crippen molar-refractivity contribution in [1.29, 1.82) is 0 Å². The van der Waals surface area contributed by atoms with Gasteiger partial charge in [0.15, 0.2) is 0 Å². The number of nitrogens with zero attached hydrogens (tertiary/aromatic N) is 2. The third-order valence-electron chi connectivity index (χ3n) is 4.82. The zero-order valence-electron chi connectivity index (χ0n) is 17.8. The Balaban J connectivity index is 1.81. The van der Waals surface area contributed by atoms with Crippen LogP contribution in [0.1, 0.15) is 22.3 Å². The predicted octanol–water partition coefficient (Wildman–Crippen LogP) is 4.30. The fourth-order valence-corrected chi connectivity index (χ4v) is 4.58. The Kier molecular flexibility index (Phi) is 7.80. The number of halogens is 1. The minimum Gasteiger partial charge on any atom is -0.272 e. The van der Waals surface area contributed by atoms with Gasteiger partial charge in [-0.1, -0.05) is 65.7 Å². The molecule has 6 nitrogen and oxygen atoms in total. The van der Waals surface area contributed by atoms with Gasteiger partial charge in [-0.2, -0.15) is 9.41 Å². The number of hydrogen-bond donors (Lipinski definition) is 1. The molecular weight excluding hydrogens is 446 g/mol. The average Bonchev–Trinajstić information content (AvgIpc) is 2.75. The molecule has 0 saturated carbocycles. The van der Waals surface area contributed by atoms with E-state index in [4.69, 9.17) is 11.6 Å². The van der Waals surface area contributed by atoms with Crippen LogP contribution in [0.4, 0.5) is 0 Å². The van der Waals surface area contributed by atoms with Gasteiger partial charge in [0.05, 0.1) is 17.7 Å². The van der Waals surface area contributed by atoms with E-state index in [9.17, 15) is 13.2 Å². The Morgan fingerprint density at radius 2 is 1.75 bits per heavy atom. The molecule has 1 N–H and O–H groups in total. The average molecular weight is 470 g/mol. The monoisotopic (exact) mass is 469 g/mol. The summed E-state index contributed by atoms with van der Waals surface area (Å²) >= 11 is 5.91. The summed E-state index contributed by atoms with van der Waals surface area (Å²) in [5, 5.41) is 4.39. The van der Waals surface area contributed by atoms with Gasteiger partial charge in [0.1, 0.15) is 0 Å². The second-order valence-corrected chi connectivity index (χ2v) is 9.74. The normalized spacial score (nSPS) is 11.8. The molecule has 166 valence electrons. The van der Waals surface area contributed by atoms with Gasteiger partial charge < -0.3 is 0 Å². The molecule has 0 aliphatic heterocycles. The Bertz CT molecular complexity index is 1230. The van der Waals surface area contributed by atoms with Crippen molar-refractivity contribution in [2.75, 3.05) is 6.54 Å². The molecule has 3 aromatic carbocycles. The lowest BCUT2D eigenvalue weighted by atomic mass is 10.1. The van der Waals surface area contributed by atoms with Crippen LogP contribution in [0.3, 0.4) is 0 Å². The van der Waals surface area contributed by atoms with Gasteiger partial charge in [0.2, 0.25) is 10.0 Å². The van der Waals surface area contributed by atoms with Crippen molar-refractivity contribution in [3.8, 4) is 0 Å². The van der Waals surface area contributed by atoms with Gasteiger partial charge >= 0.3 is 0 Å². The van der Waals surface area contributed by atoms with E-state index in [1.165, 1.54) is 30.5 Å². The fraction of sp³-hybridized carbons (Fsp3) is 0.167. The molecule has 0 aliphatic rings. The summed E-state index contributed by atoms with van der Waals surface area (Å²) in [6, 6.07) is 20.9. The number of carbonyl (C=O) groups excluding carboxylic acids is 1. The van der Waals surface area contributed by atoms with E-state index in [0.717, 1.165) is 26.6 Å². The molecule has 0 heterocycles. The van der Waals surface area contributed by atoms with Gasteiger partial charge in [-0.15, -0.1) is 0 Å². The van der Waals surface area contributed by atoms with Crippen molar-refractivity contribution in [2.45, 2.75) is 25.3 Å². The zero-order valence-corrected chi connectivity index (χ0v) is 19.4. The van der Waals surface area contributed by atoms with Crippen molar-refractivity contribution in [2.24, 2.45) is 5.10 Å². The molecule has 32 heavy (non-hydrogen) atoms. The Hall–Kier alpha value is -3.00. The zero-order chi connectivity index (χ0) is 23.1. The minimum absolute atomic E-state index is 0.0483. The lowest BCUT2D eigenvalue weighted by molar-refractivity contribution is -0.121. The summed E-state index contributed by atoms with van der Waals surface area (Å²) in [6.07, 6.45) is 1.52. The number of sulfonamides is 1. The molecule has 0 radical (unpaired) electrons. The third kappa shape index (κ3) is 6.26. The second-order valence-electron chi connectivity index (χ2n) is 7.36. The maximum atomic E-state index is 13.3. The quantitative estimate of drug-likeness (QED) is 0.394. The van der Waals surface area contributed by atoms with Crippen LogP contribution in [0.25, 0.3) is 0 Å². The number of hydrazone groups is 1. The molecule has 0 bridgehead atoms. The number of nitrogens with one attached hydrogen (secondary N) is 1. The van der Waals surface area contributed by atoms with Crippen molar-refractivity contribution >= 4 is 33.7 Å². The predicted molar refractivity (Wildman–Crippen MR) is 127 cm³/mol.